The summed E-state index contributed by atoms with van der Waals surface area (Å²) in [5.74, 6) is -2.29. The van der Waals surface area contributed by atoms with Crippen molar-refractivity contribution in [3.8, 4) is 5.75 Å². The van der Waals surface area contributed by atoms with Crippen molar-refractivity contribution in [3.63, 3.8) is 0 Å². The number of hydrogen-bond donors (Lipinski definition) is 2. The third-order valence-electron chi connectivity index (χ3n) is 2.12. The molecule has 0 spiro atoms. The van der Waals surface area contributed by atoms with E-state index in [2.05, 4.69) is 5.32 Å². The third kappa shape index (κ3) is 3.17. The zero-order chi connectivity index (χ0) is 13.0. The molecular weight excluding hydrogens is 229 g/mol. The van der Waals surface area contributed by atoms with Gasteiger partial charge in [-0.2, -0.15) is 0 Å². The van der Waals surface area contributed by atoms with Crippen LogP contribution in [-0.2, 0) is 4.79 Å². The van der Waals surface area contributed by atoms with E-state index in [-0.39, 0.29) is 11.3 Å². The van der Waals surface area contributed by atoms with Crippen molar-refractivity contribution >= 4 is 11.9 Å². The van der Waals surface area contributed by atoms with Gasteiger partial charge in [0.05, 0.1) is 12.7 Å². The lowest BCUT2D eigenvalue weighted by atomic mass is 10.1. The van der Waals surface area contributed by atoms with Crippen LogP contribution < -0.4 is 10.1 Å². The highest BCUT2D eigenvalue weighted by atomic mass is 19.1. The summed E-state index contributed by atoms with van der Waals surface area (Å²) in [6, 6.07) is 2.38. The SMILES string of the molecule is COc1ccc(F)cc1C(=O)N[C@H](C)C(=O)O. The molecule has 0 aliphatic rings. The van der Waals surface area contributed by atoms with Gasteiger partial charge in [-0.05, 0) is 25.1 Å². The molecule has 1 aromatic carbocycles. The summed E-state index contributed by atoms with van der Waals surface area (Å²) in [4.78, 5) is 22.2. The summed E-state index contributed by atoms with van der Waals surface area (Å²) in [7, 11) is 1.34. The molecule has 1 rings (SSSR count). The minimum absolute atomic E-state index is 0.0411. The highest BCUT2D eigenvalue weighted by Gasteiger charge is 2.18. The van der Waals surface area contributed by atoms with Gasteiger partial charge < -0.3 is 15.2 Å². The second kappa shape index (κ2) is 5.29. The van der Waals surface area contributed by atoms with E-state index >= 15 is 0 Å². The summed E-state index contributed by atoms with van der Waals surface area (Å²) < 4.78 is 17.9. The van der Waals surface area contributed by atoms with E-state index in [1.165, 1.54) is 20.1 Å². The molecule has 1 amide bonds. The molecule has 92 valence electrons. The predicted octanol–water partition coefficient (Wildman–Crippen LogP) is 1.04. The van der Waals surface area contributed by atoms with Crippen LogP contribution in [0.4, 0.5) is 4.39 Å². The number of carboxylic acids is 1. The average Bonchev–Trinajstić information content (AvgIpc) is 2.28. The molecule has 0 aromatic heterocycles. The zero-order valence-electron chi connectivity index (χ0n) is 9.36. The van der Waals surface area contributed by atoms with E-state index < -0.39 is 23.7 Å². The van der Waals surface area contributed by atoms with Gasteiger partial charge in [-0.15, -0.1) is 0 Å². The smallest absolute Gasteiger partial charge is 0.325 e. The lowest BCUT2D eigenvalue weighted by Gasteiger charge is -2.11. The van der Waals surface area contributed by atoms with Crippen LogP contribution in [0.3, 0.4) is 0 Å². The Kier molecular flexibility index (Phi) is 4.03. The van der Waals surface area contributed by atoms with Gasteiger partial charge in [-0.3, -0.25) is 9.59 Å². The normalized spacial score (nSPS) is 11.7. The molecule has 0 radical (unpaired) electrons. The molecular formula is C11H12FNO4. The quantitative estimate of drug-likeness (QED) is 0.825. The van der Waals surface area contributed by atoms with Crippen molar-refractivity contribution in [2.24, 2.45) is 0 Å². The number of carbonyl (C=O) groups is 2. The molecule has 0 saturated heterocycles. The molecule has 1 atom stereocenters. The number of hydrogen-bond acceptors (Lipinski definition) is 3. The number of carboxylic acid groups (broad SMARTS) is 1. The number of methoxy groups -OCH3 is 1. The van der Waals surface area contributed by atoms with Crippen LogP contribution >= 0.6 is 0 Å². The monoisotopic (exact) mass is 241 g/mol. The van der Waals surface area contributed by atoms with E-state index in [1.54, 1.807) is 0 Å². The Morgan fingerprint density at radius 1 is 1.47 bits per heavy atom. The van der Waals surface area contributed by atoms with Gasteiger partial charge >= 0.3 is 5.97 Å². The highest BCUT2D eigenvalue weighted by molar-refractivity contribution is 5.98. The van der Waals surface area contributed by atoms with Crippen LogP contribution in [0.5, 0.6) is 5.75 Å². The van der Waals surface area contributed by atoms with E-state index in [1.807, 2.05) is 0 Å². The van der Waals surface area contributed by atoms with Gasteiger partial charge in [0, 0.05) is 0 Å². The molecule has 0 unspecified atom stereocenters. The first kappa shape index (κ1) is 13.0. The Bertz CT molecular complexity index is 447. The lowest BCUT2D eigenvalue weighted by molar-refractivity contribution is -0.138. The molecule has 17 heavy (non-hydrogen) atoms. The van der Waals surface area contributed by atoms with Gasteiger partial charge in [0.15, 0.2) is 0 Å². The number of benzene rings is 1. The van der Waals surface area contributed by atoms with E-state index in [0.29, 0.717) is 0 Å². The molecule has 0 aliphatic heterocycles. The number of aliphatic carboxylic acids is 1. The average molecular weight is 241 g/mol. The van der Waals surface area contributed by atoms with Crippen LogP contribution in [0.1, 0.15) is 17.3 Å². The number of nitrogens with one attached hydrogen (secondary N) is 1. The van der Waals surface area contributed by atoms with E-state index in [0.717, 1.165) is 12.1 Å². The standard InChI is InChI=1S/C11H12FNO4/c1-6(11(15)16)13-10(14)8-5-7(12)3-4-9(8)17-2/h3-6H,1-2H3,(H,13,14)(H,15,16)/t6-/m1/s1. The Labute approximate surface area is 97.2 Å². The molecule has 0 aliphatic carbocycles. The Morgan fingerprint density at radius 3 is 2.65 bits per heavy atom. The third-order valence-corrected chi connectivity index (χ3v) is 2.12. The highest BCUT2D eigenvalue weighted by Crippen LogP contribution is 2.19. The summed E-state index contributed by atoms with van der Waals surface area (Å²) in [5, 5.41) is 10.9. The van der Waals surface area contributed by atoms with Gasteiger partial charge in [0.2, 0.25) is 0 Å². The van der Waals surface area contributed by atoms with Crippen molar-refractivity contribution < 1.29 is 23.8 Å². The summed E-state index contributed by atoms with van der Waals surface area (Å²) in [5.41, 5.74) is -0.0411. The molecule has 0 fully saturated rings. The zero-order valence-corrected chi connectivity index (χ0v) is 9.36. The first-order valence-corrected chi connectivity index (χ1v) is 4.83. The summed E-state index contributed by atoms with van der Waals surface area (Å²) >= 11 is 0. The van der Waals surface area contributed by atoms with Gasteiger partial charge in [0.25, 0.3) is 5.91 Å². The van der Waals surface area contributed by atoms with Gasteiger partial charge in [-0.1, -0.05) is 0 Å². The molecule has 0 heterocycles. The van der Waals surface area contributed by atoms with Crippen LogP contribution in [0.15, 0.2) is 18.2 Å². The summed E-state index contributed by atoms with van der Waals surface area (Å²) in [6.07, 6.45) is 0. The first-order valence-electron chi connectivity index (χ1n) is 4.83. The van der Waals surface area contributed by atoms with E-state index in [4.69, 9.17) is 9.84 Å². The molecule has 6 heteroatoms. The second-order valence-corrected chi connectivity index (χ2v) is 3.38. The second-order valence-electron chi connectivity index (χ2n) is 3.38. The Balaban J connectivity index is 2.95. The number of rotatable bonds is 4. The van der Waals surface area contributed by atoms with Crippen molar-refractivity contribution in [1.29, 1.82) is 0 Å². The van der Waals surface area contributed by atoms with E-state index in [9.17, 15) is 14.0 Å². The van der Waals surface area contributed by atoms with Crippen molar-refractivity contribution in [1.82, 2.24) is 5.32 Å². The van der Waals surface area contributed by atoms with Crippen LogP contribution in [0, 0.1) is 5.82 Å². The number of halogens is 1. The van der Waals surface area contributed by atoms with Crippen LogP contribution in [0.25, 0.3) is 0 Å². The van der Waals surface area contributed by atoms with Gasteiger partial charge in [-0.25, -0.2) is 4.39 Å². The minimum atomic E-state index is -1.17. The summed E-state index contributed by atoms with van der Waals surface area (Å²) in [6.45, 7) is 1.31. The fraction of sp³-hybridized carbons (Fsp3) is 0.273. The molecule has 1 aromatic rings. The maximum absolute atomic E-state index is 13.0. The maximum atomic E-state index is 13.0. The van der Waals surface area contributed by atoms with Crippen LogP contribution in [-0.4, -0.2) is 30.1 Å². The van der Waals surface area contributed by atoms with Crippen molar-refractivity contribution in [2.45, 2.75) is 13.0 Å². The topological polar surface area (TPSA) is 75.6 Å². The largest absolute Gasteiger partial charge is 0.496 e. The molecule has 5 nitrogen and oxygen atoms in total. The molecule has 2 N–H and O–H groups in total. The fourth-order valence-corrected chi connectivity index (χ4v) is 1.19. The predicted molar refractivity (Wildman–Crippen MR) is 57.5 cm³/mol. The number of amides is 1. The number of carbonyl (C=O) groups excluding carboxylic acids is 1. The number of ether oxygens (including phenoxy) is 1. The maximum Gasteiger partial charge on any atom is 0.325 e. The van der Waals surface area contributed by atoms with Crippen molar-refractivity contribution in [3.05, 3.63) is 29.6 Å². The van der Waals surface area contributed by atoms with Crippen molar-refractivity contribution in [2.75, 3.05) is 7.11 Å². The Hall–Kier alpha value is -2.11. The first-order chi connectivity index (χ1) is 7.95. The minimum Gasteiger partial charge on any atom is -0.496 e. The van der Waals surface area contributed by atoms with Crippen LogP contribution in [0.2, 0.25) is 0 Å². The fourth-order valence-electron chi connectivity index (χ4n) is 1.19. The van der Waals surface area contributed by atoms with Gasteiger partial charge in [0.1, 0.15) is 17.6 Å². The molecule has 0 bridgehead atoms. The Morgan fingerprint density at radius 2 is 2.12 bits per heavy atom. The molecule has 0 saturated carbocycles. The lowest BCUT2D eigenvalue weighted by Crippen LogP contribution is -2.38.